The molecule has 0 heterocycles. The van der Waals surface area contributed by atoms with E-state index in [0.717, 1.165) is 18.6 Å². The van der Waals surface area contributed by atoms with Crippen LogP contribution in [-0.4, -0.2) is 0 Å². The Labute approximate surface area is 197 Å². The molecule has 0 aromatic heterocycles. The normalized spacial score (nSPS) is 13.3. The van der Waals surface area contributed by atoms with E-state index < -0.39 is 0 Å². The zero-order valence-corrected chi connectivity index (χ0v) is 19.7. The molecule has 4 aromatic rings. The molecule has 1 aliphatic carbocycles. The molecule has 0 N–H and O–H groups in total. The zero-order valence-electron chi connectivity index (χ0n) is 19.7. The quantitative estimate of drug-likeness (QED) is 0.248. The second kappa shape index (κ2) is 8.41. The molecular formula is C32H30O. The van der Waals surface area contributed by atoms with Gasteiger partial charge in [-0.25, -0.2) is 0 Å². The second-order valence-electron chi connectivity index (χ2n) is 8.80. The minimum absolute atomic E-state index is 0.374. The molecule has 1 heteroatoms. The predicted molar refractivity (Wildman–Crippen MR) is 138 cm³/mol. The second-order valence-corrected chi connectivity index (χ2v) is 8.80. The van der Waals surface area contributed by atoms with Crippen LogP contribution in [0.1, 0.15) is 52.8 Å². The van der Waals surface area contributed by atoms with E-state index in [9.17, 15) is 0 Å². The van der Waals surface area contributed by atoms with Crippen molar-refractivity contribution in [3.8, 4) is 16.9 Å². The third-order valence-electron chi connectivity index (χ3n) is 7.20. The number of benzene rings is 4. The fourth-order valence-corrected chi connectivity index (χ4v) is 5.60. The Hall–Kier alpha value is -3.58. The molecule has 33 heavy (non-hydrogen) atoms. The van der Waals surface area contributed by atoms with Gasteiger partial charge in [-0.2, -0.15) is 0 Å². The van der Waals surface area contributed by atoms with Crippen LogP contribution in [0.25, 0.3) is 11.1 Å². The number of fused-ring (bicyclic) bond motifs is 3. The SMILES string of the molecule is C=COc1ccc(C2(c3ccc(C)c(CC)c3)c3ccccc3-c3ccccc32)cc1CC. The third kappa shape index (κ3) is 3.15. The van der Waals surface area contributed by atoms with E-state index in [4.69, 9.17) is 4.74 Å². The number of hydrogen-bond acceptors (Lipinski definition) is 1. The summed E-state index contributed by atoms with van der Waals surface area (Å²) >= 11 is 0. The summed E-state index contributed by atoms with van der Waals surface area (Å²) in [6.45, 7) is 10.4. The van der Waals surface area contributed by atoms with E-state index in [1.807, 2.05) is 0 Å². The lowest BCUT2D eigenvalue weighted by molar-refractivity contribution is 0.477. The summed E-state index contributed by atoms with van der Waals surface area (Å²) in [4.78, 5) is 0. The Morgan fingerprint density at radius 1 is 0.727 bits per heavy atom. The molecule has 0 bridgehead atoms. The number of ether oxygens (including phenoxy) is 1. The lowest BCUT2D eigenvalue weighted by atomic mass is 9.67. The van der Waals surface area contributed by atoms with Crippen molar-refractivity contribution in [2.75, 3.05) is 0 Å². The van der Waals surface area contributed by atoms with Crippen LogP contribution in [0.3, 0.4) is 0 Å². The van der Waals surface area contributed by atoms with Crippen LogP contribution in [-0.2, 0) is 18.3 Å². The summed E-state index contributed by atoms with van der Waals surface area (Å²) in [6.07, 6.45) is 3.42. The third-order valence-corrected chi connectivity index (χ3v) is 7.20. The molecule has 0 fully saturated rings. The van der Waals surface area contributed by atoms with Gasteiger partial charge in [0.15, 0.2) is 0 Å². The van der Waals surface area contributed by atoms with Crippen molar-refractivity contribution in [2.45, 2.75) is 39.0 Å². The van der Waals surface area contributed by atoms with E-state index >= 15 is 0 Å². The van der Waals surface area contributed by atoms with Gasteiger partial charge in [-0.15, -0.1) is 0 Å². The molecule has 164 valence electrons. The molecule has 0 radical (unpaired) electrons. The summed E-state index contributed by atoms with van der Waals surface area (Å²) in [6, 6.07) is 31.5. The van der Waals surface area contributed by atoms with Crippen molar-refractivity contribution in [2.24, 2.45) is 0 Å². The van der Waals surface area contributed by atoms with E-state index in [-0.39, 0.29) is 5.41 Å². The molecule has 0 saturated carbocycles. The molecule has 1 aliphatic rings. The van der Waals surface area contributed by atoms with Gasteiger partial charge in [-0.05, 0) is 75.9 Å². The monoisotopic (exact) mass is 430 g/mol. The van der Waals surface area contributed by atoms with Crippen LogP contribution in [0.5, 0.6) is 5.75 Å². The summed E-state index contributed by atoms with van der Waals surface area (Å²) < 4.78 is 5.74. The largest absolute Gasteiger partial charge is 0.465 e. The fourth-order valence-electron chi connectivity index (χ4n) is 5.60. The first kappa shape index (κ1) is 21.3. The van der Waals surface area contributed by atoms with Crippen molar-refractivity contribution >= 4 is 0 Å². The maximum Gasteiger partial charge on any atom is 0.129 e. The van der Waals surface area contributed by atoms with Gasteiger partial charge in [0.05, 0.1) is 11.7 Å². The summed E-state index contributed by atoms with van der Waals surface area (Å²) in [5.74, 6) is 0.879. The highest BCUT2D eigenvalue weighted by atomic mass is 16.5. The van der Waals surface area contributed by atoms with Crippen molar-refractivity contribution in [3.63, 3.8) is 0 Å². The molecule has 0 aliphatic heterocycles. The Morgan fingerprint density at radius 2 is 1.27 bits per heavy atom. The lowest BCUT2D eigenvalue weighted by Gasteiger charge is -2.35. The Morgan fingerprint density at radius 3 is 1.85 bits per heavy atom. The van der Waals surface area contributed by atoms with Crippen LogP contribution in [0.15, 0.2) is 97.8 Å². The minimum Gasteiger partial charge on any atom is -0.465 e. The first-order chi connectivity index (χ1) is 16.1. The van der Waals surface area contributed by atoms with Gasteiger partial charge in [0.25, 0.3) is 0 Å². The first-order valence-corrected chi connectivity index (χ1v) is 11.9. The van der Waals surface area contributed by atoms with Gasteiger partial charge in [0.1, 0.15) is 5.75 Å². The van der Waals surface area contributed by atoms with E-state index in [2.05, 4.69) is 112 Å². The van der Waals surface area contributed by atoms with Crippen LogP contribution in [0.4, 0.5) is 0 Å². The molecular weight excluding hydrogens is 400 g/mol. The Kier molecular flexibility index (Phi) is 5.42. The summed E-state index contributed by atoms with van der Waals surface area (Å²) in [5.41, 5.74) is 11.5. The Balaban J connectivity index is 1.91. The van der Waals surface area contributed by atoms with E-state index in [1.54, 1.807) is 0 Å². The van der Waals surface area contributed by atoms with Crippen molar-refractivity contribution < 1.29 is 4.74 Å². The minimum atomic E-state index is -0.374. The molecule has 0 unspecified atom stereocenters. The van der Waals surface area contributed by atoms with Crippen LogP contribution >= 0.6 is 0 Å². The summed E-state index contributed by atoms with van der Waals surface area (Å²) in [5, 5.41) is 0. The van der Waals surface area contributed by atoms with Gasteiger partial charge >= 0.3 is 0 Å². The number of rotatable bonds is 6. The van der Waals surface area contributed by atoms with Gasteiger partial charge in [0.2, 0.25) is 0 Å². The van der Waals surface area contributed by atoms with Crippen LogP contribution in [0.2, 0.25) is 0 Å². The van der Waals surface area contributed by atoms with Crippen molar-refractivity contribution in [1.82, 2.24) is 0 Å². The molecule has 4 aromatic carbocycles. The predicted octanol–water partition coefficient (Wildman–Crippen LogP) is 8.01. The van der Waals surface area contributed by atoms with Crippen molar-refractivity contribution in [3.05, 3.63) is 137 Å². The number of hydrogen-bond donors (Lipinski definition) is 0. The maximum absolute atomic E-state index is 5.74. The van der Waals surface area contributed by atoms with E-state index in [0.29, 0.717) is 0 Å². The average Bonchev–Trinajstić information content (AvgIpc) is 3.16. The summed E-state index contributed by atoms with van der Waals surface area (Å²) in [7, 11) is 0. The molecule has 0 amide bonds. The van der Waals surface area contributed by atoms with Crippen molar-refractivity contribution in [1.29, 1.82) is 0 Å². The van der Waals surface area contributed by atoms with E-state index in [1.165, 1.54) is 56.3 Å². The van der Waals surface area contributed by atoms with Gasteiger partial charge in [0, 0.05) is 0 Å². The molecule has 0 spiro atoms. The first-order valence-electron chi connectivity index (χ1n) is 11.9. The lowest BCUT2D eigenvalue weighted by Crippen LogP contribution is -2.29. The Bertz CT molecular complexity index is 1300. The number of aryl methyl sites for hydroxylation is 3. The topological polar surface area (TPSA) is 9.23 Å². The molecule has 0 saturated heterocycles. The molecule has 1 nitrogen and oxygen atoms in total. The fraction of sp³-hybridized carbons (Fsp3) is 0.188. The average molecular weight is 431 g/mol. The maximum atomic E-state index is 5.74. The highest BCUT2D eigenvalue weighted by Gasteiger charge is 2.46. The molecule has 0 atom stereocenters. The van der Waals surface area contributed by atoms with Crippen LogP contribution < -0.4 is 4.74 Å². The van der Waals surface area contributed by atoms with Gasteiger partial charge < -0.3 is 4.74 Å². The highest BCUT2D eigenvalue weighted by molar-refractivity contribution is 5.86. The zero-order chi connectivity index (χ0) is 23.0. The standard InChI is InChI=1S/C32H30O/c1-5-23-20-25(17-16-22(23)4)32(26-18-19-31(33-7-3)24(6-2)21-26)29-14-10-8-12-27(29)28-13-9-11-15-30(28)32/h7-21H,3,5-6H2,1-2,4H3. The molecule has 5 rings (SSSR count). The van der Waals surface area contributed by atoms with Gasteiger partial charge in [-0.1, -0.05) is 99.3 Å². The van der Waals surface area contributed by atoms with Gasteiger partial charge in [-0.3, -0.25) is 0 Å². The van der Waals surface area contributed by atoms with Crippen LogP contribution in [0, 0.1) is 6.92 Å². The highest BCUT2D eigenvalue weighted by Crippen LogP contribution is 2.56. The smallest absolute Gasteiger partial charge is 0.129 e.